The first kappa shape index (κ1) is 20.7. The Morgan fingerprint density at radius 1 is 1.38 bits per heavy atom. The van der Waals surface area contributed by atoms with Gasteiger partial charge in [0.2, 0.25) is 0 Å². The maximum atomic E-state index is 10.7. The Labute approximate surface area is 156 Å². The fourth-order valence-corrected chi connectivity index (χ4v) is 2.95. The molecule has 1 aromatic heterocycles. The second kappa shape index (κ2) is 10.5. The number of aliphatic imine (C=N–C) groups is 1. The number of ether oxygens (including phenoxy) is 1. The molecule has 0 radical (unpaired) electrons. The standard InChI is InChI=1S/C18H34N6O2/c1-4-19-17(20-12-16(2)13-24-7-5-6-22-24)21-14-18(3,25)15-23-8-10-26-11-9-23/h5-7,16,25H,4,8-15H2,1-3H3,(H2,19,20,21). The van der Waals surface area contributed by atoms with Gasteiger partial charge in [0.05, 0.1) is 25.4 Å². The molecular formula is C18H34N6O2. The SMILES string of the molecule is CCNC(=NCC(C)(O)CN1CCOCC1)NCC(C)Cn1cccn1. The third-order valence-corrected chi connectivity index (χ3v) is 4.27. The molecule has 148 valence electrons. The first-order chi connectivity index (χ1) is 12.5. The average Bonchev–Trinajstić information content (AvgIpc) is 3.11. The predicted octanol–water partition coefficient (Wildman–Crippen LogP) is 0.158. The van der Waals surface area contributed by atoms with Crippen LogP contribution in [-0.2, 0) is 11.3 Å². The van der Waals surface area contributed by atoms with Gasteiger partial charge in [-0.15, -0.1) is 0 Å². The van der Waals surface area contributed by atoms with Crippen molar-refractivity contribution in [3.8, 4) is 0 Å². The lowest BCUT2D eigenvalue weighted by Crippen LogP contribution is -2.48. The van der Waals surface area contributed by atoms with Crippen molar-refractivity contribution in [2.45, 2.75) is 32.9 Å². The Morgan fingerprint density at radius 2 is 2.15 bits per heavy atom. The highest BCUT2D eigenvalue weighted by atomic mass is 16.5. The zero-order valence-corrected chi connectivity index (χ0v) is 16.3. The molecule has 8 nitrogen and oxygen atoms in total. The second-order valence-corrected chi connectivity index (χ2v) is 7.29. The maximum Gasteiger partial charge on any atom is 0.191 e. The summed E-state index contributed by atoms with van der Waals surface area (Å²) in [4.78, 5) is 6.81. The first-order valence-electron chi connectivity index (χ1n) is 9.50. The zero-order valence-electron chi connectivity index (χ0n) is 16.3. The fourth-order valence-electron chi connectivity index (χ4n) is 2.95. The molecular weight excluding hydrogens is 332 g/mol. The van der Waals surface area contributed by atoms with E-state index in [9.17, 15) is 5.11 Å². The number of nitrogens with zero attached hydrogens (tertiary/aromatic N) is 4. The van der Waals surface area contributed by atoms with Gasteiger partial charge in [-0.05, 0) is 25.8 Å². The van der Waals surface area contributed by atoms with E-state index in [0.29, 0.717) is 19.0 Å². The van der Waals surface area contributed by atoms with E-state index < -0.39 is 5.60 Å². The molecule has 1 saturated heterocycles. The van der Waals surface area contributed by atoms with Gasteiger partial charge in [-0.3, -0.25) is 14.6 Å². The van der Waals surface area contributed by atoms with Crippen LogP contribution in [0.1, 0.15) is 20.8 Å². The third-order valence-electron chi connectivity index (χ3n) is 4.27. The lowest BCUT2D eigenvalue weighted by Gasteiger charge is -2.33. The summed E-state index contributed by atoms with van der Waals surface area (Å²) in [5.41, 5.74) is -0.861. The van der Waals surface area contributed by atoms with Crippen LogP contribution in [-0.4, -0.2) is 83.8 Å². The molecule has 2 heterocycles. The molecule has 8 heteroatoms. The molecule has 2 rings (SSSR count). The Hall–Kier alpha value is -1.64. The third kappa shape index (κ3) is 7.72. The molecule has 1 aliphatic rings. The van der Waals surface area contributed by atoms with Gasteiger partial charge in [-0.2, -0.15) is 5.10 Å². The van der Waals surface area contributed by atoms with Crippen molar-refractivity contribution in [1.82, 2.24) is 25.3 Å². The van der Waals surface area contributed by atoms with Gasteiger partial charge >= 0.3 is 0 Å². The number of morpholine rings is 1. The number of hydrogen-bond donors (Lipinski definition) is 3. The number of guanidine groups is 1. The van der Waals surface area contributed by atoms with Gasteiger partial charge < -0.3 is 20.5 Å². The van der Waals surface area contributed by atoms with Crippen LogP contribution in [0.2, 0.25) is 0 Å². The quantitative estimate of drug-likeness (QED) is 0.426. The second-order valence-electron chi connectivity index (χ2n) is 7.29. The zero-order chi connectivity index (χ0) is 18.8. The van der Waals surface area contributed by atoms with Crippen LogP contribution in [0.5, 0.6) is 0 Å². The van der Waals surface area contributed by atoms with Crippen LogP contribution < -0.4 is 10.6 Å². The molecule has 0 bridgehead atoms. The predicted molar refractivity (Wildman–Crippen MR) is 103 cm³/mol. The largest absolute Gasteiger partial charge is 0.387 e. The van der Waals surface area contributed by atoms with Gasteiger partial charge in [-0.25, -0.2) is 0 Å². The molecule has 0 aromatic carbocycles. The lowest BCUT2D eigenvalue weighted by atomic mass is 10.1. The number of hydrogen-bond acceptors (Lipinski definition) is 5. The molecule has 2 atom stereocenters. The number of β-amino-alcohol motifs (C(OH)–C–C–N with tert-alkyl or cyclic N) is 1. The minimum atomic E-state index is -0.861. The van der Waals surface area contributed by atoms with Crippen LogP contribution >= 0.6 is 0 Å². The molecule has 1 aromatic rings. The van der Waals surface area contributed by atoms with Crippen molar-refractivity contribution in [3.05, 3.63) is 18.5 Å². The number of rotatable bonds is 9. The topological polar surface area (TPSA) is 86.9 Å². The van der Waals surface area contributed by atoms with E-state index in [1.165, 1.54) is 0 Å². The minimum Gasteiger partial charge on any atom is -0.387 e. The normalized spacial score (nSPS) is 19.8. The van der Waals surface area contributed by atoms with Crippen molar-refractivity contribution >= 4 is 5.96 Å². The first-order valence-corrected chi connectivity index (χ1v) is 9.50. The molecule has 26 heavy (non-hydrogen) atoms. The highest BCUT2D eigenvalue weighted by Gasteiger charge is 2.25. The van der Waals surface area contributed by atoms with Crippen LogP contribution in [0, 0.1) is 5.92 Å². The Balaban J connectivity index is 1.80. The number of aliphatic hydroxyl groups is 1. The summed E-state index contributed by atoms with van der Waals surface area (Å²) in [6.07, 6.45) is 3.76. The Bertz CT molecular complexity index is 526. The van der Waals surface area contributed by atoms with Crippen LogP contribution in [0.3, 0.4) is 0 Å². The van der Waals surface area contributed by atoms with Crippen LogP contribution in [0.15, 0.2) is 23.5 Å². The maximum absolute atomic E-state index is 10.7. The van der Waals surface area contributed by atoms with Crippen molar-refractivity contribution < 1.29 is 9.84 Å². The summed E-state index contributed by atoms with van der Waals surface area (Å²) in [6.45, 7) is 12.6. The Morgan fingerprint density at radius 3 is 2.81 bits per heavy atom. The highest BCUT2D eigenvalue weighted by molar-refractivity contribution is 5.79. The molecule has 0 aliphatic carbocycles. The van der Waals surface area contributed by atoms with Crippen molar-refractivity contribution in [2.24, 2.45) is 10.9 Å². The van der Waals surface area contributed by atoms with E-state index in [4.69, 9.17) is 4.74 Å². The summed E-state index contributed by atoms with van der Waals surface area (Å²) in [5.74, 6) is 1.15. The summed E-state index contributed by atoms with van der Waals surface area (Å²) in [5, 5.41) is 21.5. The molecule has 3 N–H and O–H groups in total. The minimum absolute atomic E-state index is 0.354. The van der Waals surface area contributed by atoms with E-state index in [1.807, 2.05) is 30.8 Å². The molecule has 1 fully saturated rings. The smallest absolute Gasteiger partial charge is 0.191 e. The summed E-state index contributed by atoms with van der Waals surface area (Å²) < 4.78 is 7.29. The van der Waals surface area contributed by atoms with Gasteiger partial charge in [0.15, 0.2) is 5.96 Å². The van der Waals surface area contributed by atoms with E-state index in [2.05, 4.69) is 32.5 Å². The van der Waals surface area contributed by atoms with Gasteiger partial charge in [0, 0.05) is 51.7 Å². The lowest BCUT2D eigenvalue weighted by molar-refractivity contribution is -0.0179. The summed E-state index contributed by atoms with van der Waals surface area (Å²) in [6, 6.07) is 1.93. The fraction of sp³-hybridized carbons (Fsp3) is 0.778. The Kier molecular flexibility index (Phi) is 8.34. The van der Waals surface area contributed by atoms with E-state index >= 15 is 0 Å². The van der Waals surface area contributed by atoms with Gasteiger partial charge in [0.25, 0.3) is 0 Å². The van der Waals surface area contributed by atoms with E-state index in [1.54, 1.807) is 6.20 Å². The highest BCUT2D eigenvalue weighted by Crippen LogP contribution is 2.09. The molecule has 0 spiro atoms. The van der Waals surface area contributed by atoms with E-state index in [-0.39, 0.29) is 0 Å². The van der Waals surface area contributed by atoms with Crippen LogP contribution in [0.25, 0.3) is 0 Å². The molecule has 2 unspecified atom stereocenters. The monoisotopic (exact) mass is 366 g/mol. The van der Waals surface area contributed by atoms with Crippen LogP contribution in [0.4, 0.5) is 0 Å². The summed E-state index contributed by atoms with van der Waals surface area (Å²) >= 11 is 0. The molecule has 0 saturated carbocycles. The van der Waals surface area contributed by atoms with Crippen molar-refractivity contribution in [3.63, 3.8) is 0 Å². The van der Waals surface area contributed by atoms with Gasteiger partial charge in [-0.1, -0.05) is 6.92 Å². The summed E-state index contributed by atoms with van der Waals surface area (Å²) in [7, 11) is 0. The van der Waals surface area contributed by atoms with E-state index in [0.717, 1.165) is 51.9 Å². The molecule has 0 amide bonds. The van der Waals surface area contributed by atoms with Crippen molar-refractivity contribution in [1.29, 1.82) is 0 Å². The molecule has 1 aliphatic heterocycles. The number of nitrogens with one attached hydrogen (secondary N) is 2. The van der Waals surface area contributed by atoms with Crippen molar-refractivity contribution in [2.75, 3.05) is 52.5 Å². The number of aromatic nitrogens is 2. The average molecular weight is 367 g/mol. The van der Waals surface area contributed by atoms with Gasteiger partial charge in [0.1, 0.15) is 0 Å².